The maximum atomic E-state index is 13.3. The van der Waals surface area contributed by atoms with E-state index in [4.69, 9.17) is 4.74 Å². The van der Waals surface area contributed by atoms with Crippen molar-refractivity contribution in [3.8, 4) is 5.75 Å². The molecule has 2 aromatic rings. The Morgan fingerprint density at radius 2 is 2.00 bits per heavy atom. The minimum Gasteiger partial charge on any atom is -0.493 e. The molecule has 1 N–H and O–H groups in total. The minimum absolute atomic E-state index is 0.130. The van der Waals surface area contributed by atoms with Gasteiger partial charge in [-0.2, -0.15) is 0 Å². The number of nitrogens with one attached hydrogen (secondary N) is 1. The Kier molecular flexibility index (Phi) is 5.62. The molecule has 1 amide bonds. The van der Waals surface area contributed by atoms with Crippen molar-refractivity contribution >= 4 is 5.91 Å². The second-order valence-electron chi connectivity index (χ2n) is 7.76. The lowest BCUT2D eigenvalue weighted by Gasteiger charge is -2.40. The summed E-state index contributed by atoms with van der Waals surface area (Å²) in [6.45, 7) is 3.99. The van der Waals surface area contributed by atoms with Crippen LogP contribution < -0.4 is 10.1 Å². The van der Waals surface area contributed by atoms with E-state index >= 15 is 0 Å². The Labute approximate surface area is 165 Å². The molecule has 3 atom stereocenters. The first-order chi connectivity index (χ1) is 13.6. The van der Waals surface area contributed by atoms with E-state index in [1.54, 1.807) is 0 Å². The van der Waals surface area contributed by atoms with E-state index in [0.29, 0.717) is 19.1 Å². The first-order valence-electron chi connectivity index (χ1n) is 10.1. The van der Waals surface area contributed by atoms with Crippen LogP contribution in [0.15, 0.2) is 48.5 Å². The van der Waals surface area contributed by atoms with E-state index in [0.717, 1.165) is 42.8 Å². The van der Waals surface area contributed by atoms with Crippen LogP contribution in [0.3, 0.4) is 0 Å². The van der Waals surface area contributed by atoms with Crippen LogP contribution in [0.5, 0.6) is 5.75 Å². The van der Waals surface area contributed by atoms with Crippen LogP contribution >= 0.6 is 0 Å². The monoisotopic (exact) mass is 382 g/mol. The summed E-state index contributed by atoms with van der Waals surface area (Å²) in [5, 5.41) is 3.58. The highest BCUT2D eigenvalue weighted by atomic mass is 19.1. The van der Waals surface area contributed by atoms with Crippen molar-refractivity contribution in [2.75, 3.05) is 19.7 Å². The number of carbonyl (C=O) groups excluding carboxylic acids is 1. The van der Waals surface area contributed by atoms with Gasteiger partial charge in [-0.25, -0.2) is 4.39 Å². The van der Waals surface area contributed by atoms with Crippen molar-refractivity contribution in [2.24, 2.45) is 0 Å². The second-order valence-corrected chi connectivity index (χ2v) is 7.76. The third-order valence-corrected chi connectivity index (χ3v) is 5.98. The van der Waals surface area contributed by atoms with Gasteiger partial charge in [-0.1, -0.05) is 30.3 Å². The molecule has 0 bridgehead atoms. The first kappa shape index (κ1) is 18.9. The number of halogens is 1. The van der Waals surface area contributed by atoms with Gasteiger partial charge < -0.3 is 15.0 Å². The van der Waals surface area contributed by atoms with Crippen LogP contribution in [-0.4, -0.2) is 42.6 Å². The molecule has 148 valence electrons. The molecule has 2 saturated heterocycles. The molecular formula is C23H27FN2O2. The molecular weight excluding hydrogens is 355 g/mol. The number of benzene rings is 2. The van der Waals surface area contributed by atoms with Gasteiger partial charge in [-0.05, 0) is 49.1 Å². The van der Waals surface area contributed by atoms with Crippen molar-refractivity contribution < 1.29 is 13.9 Å². The number of likely N-dealkylation sites (tertiary alicyclic amines) is 1. The van der Waals surface area contributed by atoms with Gasteiger partial charge in [0.05, 0.1) is 19.1 Å². The molecule has 28 heavy (non-hydrogen) atoms. The molecule has 0 aromatic heterocycles. The van der Waals surface area contributed by atoms with Crippen molar-refractivity contribution in [2.45, 2.75) is 44.2 Å². The number of aryl methyl sites for hydroxylation is 1. The molecule has 0 saturated carbocycles. The Morgan fingerprint density at radius 3 is 2.79 bits per heavy atom. The van der Waals surface area contributed by atoms with Crippen LogP contribution in [0.2, 0.25) is 0 Å². The lowest BCUT2D eigenvalue weighted by Crippen LogP contribution is -2.52. The molecule has 4 rings (SSSR count). The van der Waals surface area contributed by atoms with Crippen LogP contribution in [0.25, 0.3) is 0 Å². The standard InChI is InChI=1S/C23H27FN2O2/c1-16-5-2-3-7-21(16)28-14-12-22(27)26-13-4-6-20-23(26)19(15-25-20)17-8-10-18(24)11-9-17/h2-3,5,7-11,19-20,23,25H,4,6,12-15H2,1H3/t19-,20-,23-/m1/s1. The average Bonchev–Trinajstić information content (AvgIpc) is 3.14. The SMILES string of the molecule is Cc1ccccc1OCCC(=O)N1CCC[C@H]2NC[C@H](c3ccc(F)cc3)[C@H]21. The maximum absolute atomic E-state index is 13.3. The highest BCUT2D eigenvalue weighted by molar-refractivity contribution is 5.77. The van der Waals surface area contributed by atoms with Crippen LogP contribution in [0, 0.1) is 12.7 Å². The van der Waals surface area contributed by atoms with Gasteiger partial charge >= 0.3 is 0 Å². The molecule has 0 unspecified atom stereocenters. The third kappa shape index (κ3) is 3.90. The Morgan fingerprint density at radius 1 is 1.21 bits per heavy atom. The summed E-state index contributed by atoms with van der Waals surface area (Å²) >= 11 is 0. The third-order valence-electron chi connectivity index (χ3n) is 5.98. The summed E-state index contributed by atoms with van der Waals surface area (Å²) in [6, 6.07) is 15.0. The van der Waals surface area contributed by atoms with E-state index < -0.39 is 0 Å². The summed E-state index contributed by atoms with van der Waals surface area (Å²) in [5.74, 6) is 0.945. The van der Waals surface area contributed by atoms with Crippen molar-refractivity contribution in [3.05, 3.63) is 65.5 Å². The number of hydrogen-bond donors (Lipinski definition) is 1. The van der Waals surface area contributed by atoms with E-state index in [9.17, 15) is 9.18 Å². The number of piperidine rings is 1. The largest absolute Gasteiger partial charge is 0.493 e. The van der Waals surface area contributed by atoms with Crippen molar-refractivity contribution in [1.29, 1.82) is 0 Å². The van der Waals surface area contributed by atoms with E-state index in [-0.39, 0.29) is 23.7 Å². The summed E-state index contributed by atoms with van der Waals surface area (Å²) in [7, 11) is 0. The quantitative estimate of drug-likeness (QED) is 0.858. The lowest BCUT2D eigenvalue weighted by molar-refractivity contribution is -0.135. The number of nitrogens with zero attached hydrogens (tertiary/aromatic N) is 1. The van der Waals surface area contributed by atoms with Crippen molar-refractivity contribution in [3.63, 3.8) is 0 Å². The molecule has 2 fully saturated rings. The first-order valence-corrected chi connectivity index (χ1v) is 10.1. The normalized spacial score (nSPS) is 24.1. The zero-order valence-corrected chi connectivity index (χ0v) is 16.2. The second kappa shape index (κ2) is 8.31. The molecule has 0 spiro atoms. The van der Waals surface area contributed by atoms with E-state index in [1.165, 1.54) is 12.1 Å². The maximum Gasteiger partial charge on any atom is 0.226 e. The summed E-state index contributed by atoms with van der Waals surface area (Å²) in [6.07, 6.45) is 2.45. The smallest absolute Gasteiger partial charge is 0.226 e. The summed E-state index contributed by atoms with van der Waals surface area (Å²) in [5.41, 5.74) is 2.17. The van der Waals surface area contributed by atoms with Gasteiger partial charge in [0.25, 0.3) is 0 Å². The van der Waals surface area contributed by atoms with Gasteiger partial charge in [0, 0.05) is 25.0 Å². The molecule has 2 aliphatic rings. The zero-order chi connectivity index (χ0) is 19.5. The molecule has 5 heteroatoms. The van der Waals surface area contributed by atoms with E-state index in [2.05, 4.69) is 5.32 Å². The lowest BCUT2D eigenvalue weighted by atomic mass is 9.86. The van der Waals surface area contributed by atoms with Crippen molar-refractivity contribution in [1.82, 2.24) is 10.2 Å². The Hall–Kier alpha value is -2.40. The summed E-state index contributed by atoms with van der Waals surface area (Å²) in [4.78, 5) is 15.0. The predicted molar refractivity (Wildman–Crippen MR) is 107 cm³/mol. The van der Waals surface area contributed by atoms with Gasteiger partial charge in [-0.15, -0.1) is 0 Å². The van der Waals surface area contributed by atoms with Gasteiger partial charge in [0.15, 0.2) is 0 Å². The number of para-hydroxylation sites is 1. The van der Waals surface area contributed by atoms with Gasteiger partial charge in [-0.3, -0.25) is 4.79 Å². The molecule has 2 aliphatic heterocycles. The predicted octanol–water partition coefficient (Wildman–Crippen LogP) is 3.65. The fourth-order valence-electron chi connectivity index (χ4n) is 4.56. The number of ether oxygens (including phenoxy) is 1. The fourth-order valence-corrected chi connectivity index (χ4v) is 4.56. The molecule has 2 heterocycles. The number of carbonyl (C=O) groups is 1. The number of rotatable bonds is 5. The minimum atomic E-state index is -0.226. The number of hydrogen-bond acceptors (Lipinski definition) is 3. The van der Waals surface area contributed by atoms with Crippen LogP contribution in [0.1, 0.15) is 36.3 Å². The summed E-state index contributed by atoms with van der Waals surface area (Å²) < 4.78 is 19.2. The number of amides is 1. The fraction of sp³-hybridized carbons (Fsp3) is 0.435. The van der Waals surface area contributed by atoms with Gasteiger partial charge in [0.2, 0.25) is 5.91 Å². The van der Waals surface area contributed by atoms with Crippen LogP contribution in [-0.2, 0) is 4.79 Å². The van der Waals surface area contributed by atoms with Crippen LogP contribution in [0.4, 0.5) is 4.39 Å². The number of fused-ring (bicyclic) bond motifs is 1. The highest BCUT2D eigenvalue weighted by Gasteiger charge is 2.44. The van der Waals surface area contributed by atoms with Gasteiger partial charge in [0.1, 0.15) is 11.6 Å². The molecule has 4 nitrogen and oxygen atoms in total. The Bertz CT molecular complexity index is 824. The van der Waals surface area contributed by atoms with E-state index in [1.807, 2.05) is 48.2 Å². The average molecular weight is 382 g/mol. The Balaban J connectivity index is 1.42. The zero-order valence-electron chi connectivity index (χ0n) is 16.2. The topological polar surface area (TPSA) is 41.6 Å². The molecule has 0 aliphatic carbocycles. The molecule has 0 radical (unpaired) electrons. The highest BCUT2D eigenvalue weighted by Crippen LogP contribution is 2.35. The molecule has 2 aromatic carbocycles.